The number of nitrogens with one attached hydrogen (secondary N) is 1. The Morgan fingerprint density at radius 3 is 2.53 bits per heavy atom. The van der Waals surface area contributed by atoms with Crippen LogP contribution in [0.5, 0.6) is 0 Å². The van der Waals surface area contributed by atoms with Gasteiger partial charge in [-0.1, -0.05) is 11.6 Å². The van der Waals surface area contributed by atoms with Gasteiger partial charge in [0.1, 0.15) is 5.82 Å². The second-order valence-corrected chi connectivity index (χ2v) is 4.22. The lowest BCUT2D eigenvalue weighted by Crippen LogP contribution is -2.44. The van der Waals surface area contributed by atoms with Gasteiger partial charge in [-0.05, 0) is 18.9 Å². The Labute approximate surface area is 91.4 Å². The quantitative estimate of drug-likeness (QED) is 0.822. The smallest absolute Gasteiger partial charge is 0.150 e. The van der Waals surface area contributed by atoms with Crippen molar-refractivity contribution in [1.29, 1.82) is 0 Å². The number of anilines is 1. The van der Waals surface area contributed by atoms with Crippen molar-refractivity contribution in [2.45, 2.75) is 24.9 Å². The summed E-state index contributed by atoms with van der Waals surface area (Å²) in [4.78, 5) is 0. The minimum absolute atomic E-state index is 0.0629. The fourth-order valence-electron chi connectivity index (χ4n) is 1.66. The van der Waals surface area contributed by atoms with Crippen LogP contribution in [0.15, 0.2) is 12.1 Å². The number of hydrogen-bond donors (Lipinski definition) is 2. The second-order valence-electron chi connectivity index (χ2n) is 3.82. The lowest BCUT2D eigenvalue weighted by atomic mass is 9.87. The van der Waals surface area contributed by atoms with Crippen molar-refractivity contribution >= 4 is 17.3 Å². The van der Waals surface area contributed by atoms with Crippen LogP contribution in [0, 0.1) is 11.6 Å². The molecule has 0 amide bonds. The van der Waals surface area contributed by atoms with Gasteiger partial charge in [0.05, 0.1) is 10.7 Å². The minimum Gasteiger partial charge on any atom is -0.379 e. The molecule has 82 valence electrons. The molecule has 1 fully saturated rings. The molecule has 0 aromatic heterocycles. The highest BCUT2D eigenvalue weighted by Crippen LogP contribution is 2.30. The Morgan fingerprint density at radius 2 is 2.00 bits per heavy atom. The average molecular weight is 233 g/mol. The summed E-state index contributed by atoms with van der Waals surface area (Å²) < 4.78 is 26.0. The largest absolute Gasteiger partial charge is 0.379 e. The minimum atomic E-state index is -0.673. The normalized spacial score (nSPS) is 24.8. The Balaban J connectivity index is 2.14. The van der Waals surface area contributed by atoms with Crippen molar-refractivity contribution in [2.75, 3.05) is 5.32 Å². The number of rotatable bonds is 2. The van der Waals surface area contributed by atoms with Gasteiger partial charge < -0.3 is 11.1 Å². The molecule has 1 aromatic carbocycles. The SMILES string of the molecule is NC1CC(Nc2c(F)cc(F)cc2Cl)C1. The van der Waals surface area contributed by atoms with E-state index in [2.05, 4.69) is 5.32 Å². The number of benzene rings is 1. The van der Waals surface area contributed by atoms with Gasteiger partial charge >= 0.3 is 0 Å². The van der Waals surface area contributed by atoms with Gasteiger partial charge in [-0.15, -0.1) is 0 Å². The zero-order chi connectivity index (χ0) is 11.0. The number of halogens is 3. The molecule has 0 aliphatic heterocycles. The van der Waals surface area contributed by atoms with Gasteiger partial charge in [0, 0.05) is 18.2 Å². The zero-order valence-electron chi connectivity index (χ0n) is 7.93. The Morgan fingerprint density at radius 1 is 1.33 bits per heavy atom. The highest BCUT2D eigenvalue weighted by molar-refractivity contribution is 6.33. The topological polar surface area (TPSA) is 38.0 Å². The van der Waals surface area contributed by atoms with Crippen LogP contribution in [0.1, 0.15) is 12.8 Å². The molecule has 15 heavy (non-hydrogen) atoms. The molecule has 2 rings (SSSR count). The third kappa shape index (κ3) is 2.21. The summed E-state index contributed by atoms with van der Waals surface area (Å²) in [5.74, 6) is -1.34. The van der Waals surface area contributed by atoms with E-state index in [0.717, 1.165) is 25.0 Å². The maximum absolute atomic E-state index is 13.3. The van der Waals surface area contributed by atoms with Crippen LogP contribution in [-0.2, 0) is 0 Å². The fourth-order valence-corrected chi connectivity index (χ4v) is 1.91. The molecule has 0 unspecified atom stereocenters. The number of nitrogens with two attached hydrogens (primary N) is 1. The van der Waals surface area contributed by atoms with Gasteiger partial charge in [-0.3, -0.25) is 0 Å². The highest BCUT2D eigenvalue weighted by Gasteiger charge is 2.27. The molecule has 1 aliphatic rings. The van der Waals surface area contributed by atoms with Gasteiger partial charge in [0.2, 0.25) is 0 Å². The molecule has 0 bridgehead atoms. The van der Waals surface area contributed by atoms with E-state index in [1.807, 2.05) is 0 Å². The molecule has 1 aliphatic carbocycles. The van der Waals surface area contributed by atoms with Crippen molar-refractivity contribution in [3.63, 3.8) is 0 Å². The summed E-state index contributed by atoms with van der Waals surface area (Å²) in [7, 11) is 0. The highest BCUT2D eigenvalue weighted by atomic mass is 35.5. The van der Waals surface area contributed by atoms with E-state index < -0.39 is 11.6 Å². The molecule has 3 N–H and O–H groups in total. The third-order valence-corrected chi connectivity index (χ3v) is 2.83. The molecule has 1 saturated carbocycles. The maximum atomic E-state index is 13.3. The van der Waals surface area contributed by atoms with Crippen LogP contribution in [0.2, 0.25) is 5.02 Å². The van der Waals surface area contributed by atoms with E-state index in [0.29, 0.717) is 0 Å². The van der Waals surface area contributed by atoms with Gasteiger partial charge in [-0.2, -0.15) is 0 Å². The van der Waals surface area contributed by atoms with Crippen LogP contribution >= 0.6 is 11.6 Å². The summed E-state index contributed by atoms with van der Waals surface area (Å²) in [6.45, 7) is 0. The molecule has 0 saturated heterocycles. The monoisotopic (exact) mass is 232 g/mol. The second kappa shape index (κ2) is 3.94. The molecule has 0 atom stereocenters. The lowest BCUT2D eigenvalue weighted by molar-refractivity contribution is 0.372. The molecular weight excluding hydrogens is 222 g/mol. The van der Waals surface area contributed by atoms with Crippen LogP contribution in [0.4, 0.5) is 14.5 Å². The Kier molecular flexibility index (Phi) is 2.80. The molecule has 2 nitrogen and oxygen atoms in total. The van der Waals surface area contributed by atoms with Crippen molar-refractivity contribution in [3.8, 4) is 0 Å². The van der Waals surface area contributed by atoms with Crippen molar-refractivity contribution in [1.82, 2.24) is 0 Å². The first kappa shape index (κ1) is 10.6. The first-order valence-corrected chi connectivity index (χ1v) is 5.10. The van der Waals surface area contributed by atoms with Gasteiger partial charge in [0.25, 0.3) is 0 Å². The van der Waals surface area contributed by atoms with E-state index in [4.69, 9.17) is 17.3 Å². The van der Waals surface area contributed by atoms with E-state index in [1.165, 1.54) is 0 Å². The summed E-state index contributed by atoms with van der Waals surface area (Å²) in [6.07, 6.45) is 1.57. The lowest BCUT2D eigenvalue weighted by Gasteiger charge is -2.34. The maximum Gasteiger partial charge on any atom is 0.150 e. The van der Waals surface area contributed by atoms with E-state index >= 15 is 0 Å². The molecular formula is C10H11ClF2N2. The summed E-state index contributed by atoms with van der Waals surface area (Å²) >= 11 is 5.72. The van der Waals surface area contributed by atoms with E-state index in [-0.39, 0.29) is 22.8 Å². The number of hydrogen-bond acceptors (Lipinski definition) is 2. The van der Waals surface area contributed by atoms with Crippen molar-refractivity contribution < 1.29 is 8.78 Å². The van der Waals surface area contributed by atoms with E-state index in [9.17, 15) is 8.78 Å². The summed E-state index contributed by atoms with van der Waals surface area (Å²) in [5, 5.41) is 2.98. The standard InChI is InChI=1S/C10H11ClF2N2/c11-8-1-5(12)2-9(13)10(8)15-7-3-6(14)4-7/h1-2,6-7,15H,3-4,14H2. The third-order valence-electron chi connectivity index (χ3n) is 2.53. The van der Waals surface area contributed by atoms with Crippen LogP contribution in [-0.4, -0.2) is 12.1 Å². The van der Waals surface area contributed by atoms with Crippen LogP contribution in [0.3, 0.4) is 0 Å². The van der Waals surface area contributed by atoms with Crippen LogP contribution in [0.25, 0.3) is 0 Å². The predicted octanol–water partition coefficient (Wildman–Crippen LogP) is 2.52. The summed E-state index contributed by atoms with van der Waals surface area (Å²) in [6, 6.07) is 2.21. The van der Waals surface area contributed by atoms with Crippen LogP contribution < -0.4 is 11.1 Å². The van der Waals surface area contributed by atoms with Gasteiger partial charge in [0.15, 0.2) is 5.82 Å². The molecule has 5 heteroatoms. The van der Waals surface area contributed by atoms with Crippen molar-refractivity contribution in [2.24, 2.45) is 5.73 Å². The van der Waals surface area contributed by atoms with E-state index in [1.54, 1.807) is 0 Å². The molecule has 0 spiro atoms. The average Bonchev–Trinajstić information content (AvgIpc) is 2.07. The Bertz CT molecular complexity index is 355. The Hall–Kier alpha value is -0.870. The predicted molar refractivity (Wildman–Crippen MR) is 56.0 cm³/mol. The first-order chi connectivity index (χ1) is 7.06. The zero-order valence-corrected chi connectivity index (χ0v) is 8.69. The molecule has 1 aromatic rings. The summed E-state index contributed by atoms with van der Waals surface area (Å²) in [5.41, 5.74) is 5.76. The fraction of sp³-hybridized carbons (Fsp3) is 0.400. The first-order valence-electron chi connectivity index (χ1n) is 4.73. The van der Waals surface area contributed by atoms with Gasteiger partial charge in [-0.25, -0.2) is 8.78 Å². The molecule has 0 heterocycles. The molecule has 0 radical (unpaired) electrons. The van der Waals surface area contributed by atoms with Crippen molar-refractivity contribution in [3.05, 3.63) is 28.8 Å².